The summed E-state index contributed by atoms with van der Waals surface area (Å²) in [6.45, 7) is 3.24. The molecule has 4 nitrogen and oxygen atoms in total. The lowest BCUT2D eigenvalue weighted by Crippen LogP contribution is -2.46. The van der Waals surface area contributed by atoms with Crippen molar-refractivity contribution in [2.24, 2.45) is 0 Å². The minimum Gasteiger partial charge on any atom is -0.351 e. The first-order chi connectivity index (χ1) is 7.83. The maximum Gasteiger partial charge on any atom is 0.237 e. The zero-order chi connectivity index (χ0) is 11.0. The van der Waals surface area contributed by atoms with Gasteiger partial charge in [-0.05, 0) is 38.6 Å². The molecule has 0 aromatic rings. The highest BCUT2D eigenvalue weighted by molar-refractivity contribution is 5.85. The minimum absolute atomic E-state index is 0. The summed E-state index contributed by atoms with van der Waals surface area (Å²) in [4.78, 5) is 14.4. The van der Waals surface area contributed by atoms with E-state index in [2.05, 4.69) is 15.5 Å². The van der Waals surface area contributed by atoms with Crippen LogP contribution in [0.2, 0.25) is 0 Å². The number of rotatable bonds is 3. The molecule has 2 heterocycles. The number of carbonyl (C=O) groups excluding carboxylic acids is 1. The average molecular weight is 296 g/mol. The van der Waals surface area contributed by atoms with Gasteiger partial charge in [-0.3, -0.25) is 9.69 Å². The van der Waals surface area contributed by atoms with Gasteiger partial charge in [-0.1, -0.05) is 0 Å². The highest BCUT2D eigenvalue weighted by Gasteiger charge is 2.35. The van der Waals surface area contributed by atoms with E-state index in [1.54, 1.807) is 0 Å². The number of nitrogens with zero attached hydrogens (tertiary/aromatic N) is 1. The Balaban J connectivity index is 0.000000810. The van der Waals surface area contributed by atoms with E-state index in [4.69, 9.17) is 0 Å². The van der Waals surface area contributed by atoms with Crippen LogP contribution in [0.3, 0.4) is 0 Å². The fourth-order valence-electron chi connectivity index (χ4n) is 2.89. The van der Waals surface area contributed by atoms with Crippen LogP contribution in [-0.4, -0.2) is 48.6 Å². The molecule has 1 saturated carbocycles. The topological polar surface area (TPSA) is 44.4 Å². The lowest BCUT2D eigenvalue weighted by Gasteiger charge is -2.18. The van der Waals surface area contributed by atoms with Crippen molar-refractivity contribution >= 4 is 30.7 Å². The zero-order valence-electron chi connectivity index (χ0n) is 10.6. The Kier molecular flexibility index (Phi) is 6.18. The Morgan fingerprint density at radius 3 is 2.56 bits per heavy atom. The highest BCUT2D eigenvalue weighted by atomic mass is 35.5. The maximum atomic E-state index is 11.9. The third kappa shape index (κ3) is 3.73. The van der Waals surface area contributed by atoms with Gasteiger partial charge in [-0.15, -0.1) is 24.8 Å². The quantitative estimate of drug-likeness (QED) is 0.814. The van der Waals surface area contributed by atoms with E-state index in [1.165, 1.54) is 19.4 Å². The fourth-order valence-corrected chi connectivity index (χ4v) is 2.89. The first-order valence-electron chi connectivity index (χ1n) is 6.61. The predicted molar refractivity (Wildman–Crippen MR) is 76.7 cm³/mol. The number of amides is 1. The summed E-state index contributed by atoms with van der Waals surface area (Å²) in [5.41, 5.74) is 0. The molecular formula is C12H23Cl2N3O. The third-order valence-corrected chi connectivity index (χ3v) is 4.01. The molecule has 0 bridgehead atoms. The van der Waals surface area contributed by atoms with Crippen molar-refractivity contribution in [2.75, 3.05) is 19.6 Å². The van der Waals surface area contributed by atoms with E-state index in [0.717, 1.165) is 38.4 Å². The third-order valence-electron chi connectivity index (χ3n) is 4.01. The van der Waals surface area contributed by atoms with Gasteiger partial charge in [-0.25, -0.2) is 0 Å². The number of hydrogen-bond acceptors (Lipinski definition) is 3. The molecule has 2 N–H and O–H groups in total. The molecule has 0 aromatic heterocycles. The molecule has 0 spiro atoms. The molecule has 0 aromatic carbocycles. The van der Waals surface area contributed by atoms with Gasteiger partial charge in [0.05, 0.1) is 6.04 Å². The Hall–Kier alpha value is -0.0300. The monoisotopic (exact) mass is 295 g/mol. The van der Waals surface area contributed by atoms with Gasteiger partial charge < -0.3 is 10.6 Å². The number of nitrogens with one attached hydrogen (secondary N) is 2. The van der Waals surface area contributed by atoms with Gasteiger partial charge in [0.25, 0.3) is 0 Å². The van der Waals surface area contributed by atoms with Crippen LogP contribution < -0.4 is 10.6 Å². The van der Waals surface area contributed by atoms with Crippen LogP contribution >= 0.6 is 24.8 Å². The van der Waals surface area contributed by atoms with Crippen LogP contribution in [-0.2, 0) is 4.79 Å². The summed E-state index contributed by atoms with van der Waals surface area (Å²) in [5.74, 6) is 0.222. The van der Waals surface area contributed by atoms with Crippen molar-refractivity contribution in [1.29, 1.82) is 0 Å². The van der Waals surface area contributed by atoms with Crippen LogP contribution in [0.5, 0.6) is 0 Å². The molecule has 1 amide bonds. The molecule has 0 radical (unpaired) electrons. The molecule has 1 aliphatic carbocycles. The van der Waals surface area contributed by atoms with Gasteiger partial charge in [0, 0.05) is 25.2 Å². The Bertz CT molecular complexity index is 280. The first-order valence-corrected chi connectivity index (χ1v) is 6.61. The average Bonchev–Trinajstić information content (AvgIpc) is 2.82. The molecule has 2 saturated heterocycles. The number of carbonyl (C=O) groups is 1. The van der Waals surface area contributed by atoms with Crippen LogP contribution in [0.4, 0.5) is 0 Å². The minimum atomic E-state index is 0. The van der Waals surface area contributed by atoms with Crippen molar-refractivity contribution in [3.8, 4) is 0 Å². The second kappa shape index (κ2) is 6.94. The summed E-state index contributed by atoms with van der Waals surface area (Å²) < 4.78 is 0. The van der Waals surface area contributed by atoms with Crippen molar-refractivity contribution < 1.29 is 4.79 Å². The van der Waals surface area contributed by atoms with E-state index in [9.17, 15) is 4.79 Å². The van der Waals surface area contributed by atoms with Crippen molar-refractivity contribution in [2.45, 2.75) is 50.2 Å². The standard InChI is InChI=1S/C12H21N3O.2ClH/c16-12(11-2-1-6-13-11)14-9-5-7-15(8-9)10-3-4-10;;/h9-11,13H,1-8H2,(H,14,16);2*1H/t9?,11-;;/m0../s1. The molecule has 3 aliphatic rings. The van der Waals surface area contributed by atoms with Gasteiger partial charge in [0.2, 0.25) is 5.91 Å². The summed E-state index contributed by atoms with van der Waals surface area (Å²) >= 11 is 0. The number of hydrogen-bond donors (Lipinski definition) is 2. The summed E-state index contributed by atoms with van der Waals surface area (Å²) in [6, 6.07) is 1.32. The van der Waals surface area contributed by atoms with Gasteiger partial charge in [0.1, 0.15) is 0 Å². The molecule has 3 fully saturated rings. The predicted octanol–water partition coefficient (Wildman–Crippen LogP) is 0.935. The molecule has 2 aliphatic heterocycles. The summed E-state index contributed by atoms with van der Waals surface area (Å²) in [7, 11) is 0. The largest absolute Gasteiger partial charge is 0.351 e. The zero-order valence-corrected chi connectivity index (χ0v) is 12.2. The lowest BCUT2D eigenvalue weighted by molar-refractivity contribution is -0.123. The smallest absolute Gasteiger partial charge is 0.237 e. The van der Waals surface area contributed by atoms with Crippen LogP contribution in [0.1, 0.15) is 32.1 Å². The molecule has 1 unspecified atom stereocenters. The van der Waals surface area contributed by atoms with Gasteiger partial charge >= 0.3 is 0 Å². The second-order valence-corrected chi connectivity index (χ2v) is 5.37. The van der Waals surface area contributed by atoms with Crippen LogP contribution in [0.25, 0.3) is 0 Å². The number of likely N-dealkylation sites (tertiary alicyclic amines) is 1. The lowest BCUT2D eigenvalue weighted by atomic mass is 10.2. The highest BCUT2D eigenvalue weighted by Crippen LogP contribution is 2.29. The van der Waals surface area contributed by atoms with E-state index in [0.29, 0.717) is 6.04 Å². The fraction of sp³-hybridized carbons (Fsp3) is 0.917. The number of halogens is 2. The molecule has 18 heavy (non-hydrogen) atoms. The van der Waals surface area contributed by atoms with E-state index < -0.39 is 0 Å². The second-order valence-electron chi connectivity index (χ2n) is 5.37. The van der Waals surface area contributed by atoms with E-state index in [1.807, 2.05) is 0 Å². The van der Waals surface area contributed by atoms with Crippen molar-refractivity contribution in [1.82, 2.24) is 15.5 Å². The molecule has 6 heteroatoms. The van der Waals surface area contributed by atoms with Crippen molar-refractivity contribution in [3.05, 3.63) is 0 Å². The molecule has 3 rings (SSSR count). The van der Waals surface area contributed by atoms with Gasteiger partial charge in [-0.2, -0.15) is 0 Å². The maximum absolute atomic E-state index is 11.9. The molecule has 106 valence electrons. The van der Waals surface area contributed by atoms with Crippen LogP contribution in [0, 0.1) is 0 Å². The van der Waals surface area contributed by atoms with Crippen LogP contribution in [0.15, 0.2) is 0 Å². The Morgan fingerprint density at radius 1 is 1.17 bits per heavy atom. The molecular weight excluding hydrogens is 273 g/mol. The van der Waals surface area contributed by atoms with E-state index >= 15 is 0 Å². The summed E-state index contributed by atoms with van der Waals surface area (Å²) in [6.07, 6.45) is 6.01. The molecule has 2 atom stereocenters. The first kappa shape index (κ1) is 16.0. The normalized spacial score (nSPS) is 31.6. The Labute approximate surface area is 121 Å². The Morgan fingerprint density at radius 2 is 1.94 bits per heavy atom. The van der Waals surface area contributed by atoms with Gasteiger partial charge in [0.15, 0.2) is 0 Å². The van der Waals surface area contributed by atoms with Crippen molar-refractivity contribution in [3.63, 3.8) is 0 Å². The summed E-state index contributed by atoms with van der Waals surface area (Å²) in [5, 5.41) is 6.44. The SMILES string of the molecule is Cl.Cl.O=C(NC1CCN(C2CC2)C1)[C@@H]1CCCN1. The van der Waals surface area contributed by atoms with E-state index in [-0.39, 0.29) is 36.8 Å².